The van der Waals surface area contributed by atoms with E-state index in [1.165, 1.54) is 0 Å². The summed E-state index contributed by atoms with van der Waals surface area (Å²) in [6, 6.07) is 0. The number of carbonyl (C=O) groups excluding carboxylic acids is 1. The van der Waals surface area contributed by atoms with Crippen molar-refractivity contribution < 1.29 is 19.7 Å². The van der Waals surface area contributed by atoms with E-state index in [-0.39, 0.29) is 0 Å². The highest BCUT2D eigenvalue weighted by Gasteiger charge is 2.31. The van der Waals surface area contributed by atoms with Gasteiger partial charge in [-0.1, -0.05) is 0 Å². The molecule has 0 aliphatic carbocycles. The number of cyclic esters (lactones) is 1. The maximum atomic E-state index is 10.3. The Labute approximate surface area is 64.3 Å². The molecular formula is C4H3IO4. The van der Waals surface area contributed by atoms with E-state index < -0.39 is 21.6 Å². The zero-order valence-electron chi connectivity index (χ0n) is 4.17. The smallest absolute Gasteiger partial charge is 0.378 e. The Morgan fingerprint density at radius 3 is 2.22 bits per heavy atom. The van der Waals surface area contributed by atoms with Gasteiger partial charge in [0.15, 0.2) is 5.76 Å². The Bertz CT molecular complexity index is 185. The lowest BCUT2D eigenvalue weighted by Gasteiger charge is -1.96. The molecule has 5 heteroatoms. The van der Waals surface area contributed by atoms with E-state index >= 15 is 0 Å². The van der Waals surface area contributed by atoms with Crippen LogP contribution in [0.5, 0.6) is 0 Å². The zero-order chi connectivity index (χ0) is 7.02. The summed E-state index contributed by atoms with van der Waals surface area (Å²) in [4.78, 5) is 10.3. The molecule has 0 amide bonds. The van der Waals surface area contributed by atoms with Crippen LogP contribution in [0.1, 0.15) is 0 Å². The highest BCUT2D eigenvalue weighted by molar-refractivity contribution is 14.1. The van der Waals surface area contributed by atoms with Crippen LogP contribution in [-0.2, 0) is 9.53 Å². The molecule has 1 rings (SSSR count). The quantitative estimate of drug-likeness (QED) is 0.371. The van der Waals surface area contributed by atoms with Gasteiger partial charge in [-0.05, 0) is 22.6 Å². The van der Waals surface area contributed by atoms with E-state index in [2.05, 4.69) is 4.74 Å². The second kappa shape index (κ2) is 2.05. The first-order valence-corrected chi connectivity index (χ1v) is 3.34. The first-order valence-electron chi connectivity index (χ1n) is 2.10. The molecule has 0 bridgehead atoms. The van der Waals surface area contributed by atoms with Crippen molar-refractivity contribution in [2.45, 2.75) is 4.11 Å². The highest BCUT2D eigenvalue weighted by atomic mass is 127. The molecule has 50 valence electrons. The van der Waals surface area contributed by atoms with Crippen molar-refractivity contribution in [3.8, 4) is 0 Å². The summed E-state index contributed by atoms with van der Waals surface area (Å²) in [7, 11) is 0. The lowest BCUT2D eigenvalue weighted by Crippen LogP contribution is -2.01. The fourth-order valence-corrected chi connectivity index (χ4v) is 0.944. The third-order valence-electron chi connectivity index (χ3n) is 0.861. The third-order valence-corrected chi connectivity index (χ3v) is 1.71. The standard InChI is InChI=1S/C4H3IO4/c5-3-1(6)2(7)4(8)9-3/h3,6-7H. The van der Waals surface area contributed by atoms with Crippen LogP contribution >= 0.6 is 22.6 Å². The highest BCUT2D eigenvalue weighted by Crippen LogP contribution is 2.22. The minimum absolute atomic E-state index is 0.402. The summed E-state index contributed by atoms with van der Waals surface area (Å²) in [5, 5.41) is 17.3. The molecule has 0 radical (unpaired) electrons. The predicted molar refractivity (Wildman–Crippen MR) is 36.2 cm³/mol. The number of ether oxygens (including phenoxy) is 1. The number of hydrogen-bond donors (Lipinski definition) is 2. The van der Waals surface area contributed by atoms with Crippen molar-refractivity contribution in [3.63, 3.8) is 0 Å². The van der Waals surface area contributed by atoms with E-state index in [1.54, 1.807) is 22.6 Å². The Kier molecular flexibility index (Phi) is 1.52. The van der Waals surface area contributed by atoms with Crippen molar-refractivity contribution in [3.05, 3.63) is 11.5 Å². The number of esters is 1. The summed E-state index contributed by atoms with van der Waals surface area (Å²) in [6.07, 6.45) is 0. The second-order valence-corrected chi connectivity index (χ2v) is 2.59. The maximum Gasteiger partial charge on any atom is 0.378 e. The van der Waals surface area contributed by atoms with E-state index in [9.17, 15) is 4.79 Å². The minimum Gasteiger partial charge on any atom is -0.505 e. The van der Waals surface area contributed by atoms with Gasteiger partial charge in [-0.25, -0.2) is 4.79 Å². The molecule has 2 N–H and O–H groups in total. The van der Waals surface area contributed by atoms with Crippen LogP contribution in [0.25, 0.3) is 0 Å². The van der Waals surface area contributed by atoms with Crippen molar-refractivity contribution in [1.82, 2.24) is 0 Å². The summed E-state index contributed by atoms with van der Waals surface area (Å²) in [5.41, 5.74) is 0. The molecule has 9 heavy (non-hydrogen) atoms. The number of aliphatic hydroxyl groups is 2. The average molecular weight is 242 g/mol. The number of carbonyl (C=O) groups is 1. The molecule has 4 nitrogen and oxygen atoms in total. The van der Waals surface area contributed by atoms with Crippen molar-refractivity contribution in [2.24, 2.45) is 0 Å². The third kappa shape index (κ3) is 0.958. The van der Waals surface area contributed by atoms with E-state index in [0.717, 1.165) is 0 Å². The van der Waals surface area contributed by atoms with Gasteiger partial charge in [-0.3, -0.25) is 0 Å². The SMILES string of the molecule is O=C1OC(I)C(O)=C1O. The molecule has 0 fully saturated rings. The largest absolute Gasteiger partial charge is 0.505 e. The van der Waals surface area contributed by atoms with Gasteiger partial charge in [-0.15, -0.1) is 0 Å². The fourth-order valence-electron chi connectivity index (χ4n) is 0.418. The van der Waals surface area contributed by atoms with Crippen LogP contribution in [0.15, 0.2) is 11.5 Å². The van der Waals surface area contributed by atoms with E-state index in [0.29, 0.717) is 0 Å². The lowest BCUT2D eigenvalue weighted by molar-refractivity contribution is -0.139. The number of rotatable bonds is 0. The summed E-state index contributed by atoms with van der Waals surface area (Å²) in [5.74, 6) is -1.96. The molecule has 1 heterocycles. The first-order chi connectivity index (χ1) is 4.13. The Hall–Kier alpha value is -0.460. The molecule has 1 atom stereocenters. The Morgan fingerprint density at radius 2 is 2.11 bits per heavy atom. The predicted octanol–water partition coefficient (Wildman–Crippen LogP) is 0.632. The average Bonchev–Trinajstić information content (AvgIpc) is 1.98. The Morgan fingerprint density at radius 1 is 1.56 bits per heavy atom. The molecule has 0 aromatic rings. The van der Waals surface area contributed by atoms with Crippen molar-refractivity contribution in [2.75, 3.05) is 0 Å². The molecule has 1 aliphatic heterocycles. The molecule has 0 spiro atoms. The normalized spacial score (nSPS) is 26.8. The van der Waals surface area contributed by atoms with E-state index in [4.69, 9.17) is 10.2 Å². The van der Waals surface area contributed by atoms with Gasteiger partial charge in [0.05, 0.1) is 0 Å². The molecule has 1 aliphatic rings. The lowest BCUT2D eigenvalue weighted by atomic mass is 10.5. The van der Waals surface area contributed by atoms with Gasteiger partial charge in [0.25, 0.3) is 0 Å². The number of aliphatic hydroxyl groups excluding tert-OH is 2. The van der Waals surface area contributed by atoms with Crippen LogP contribution < -0.4 is 0 Å². The van der Waals surface area contributed by atoms with Gasteiger partial charge >= 0.3 is 5.97 Å². The molecule has 0 saturated carbocycles. The van der Waals surface area contributed by atoms with Gasteiger partial charge < -0.3 is 14.9 Å². The van der Waals surface area contributed by atoms with Crippen LogP contribution in [0.4, 0.5) is 0 Å². The van der Waals surface area contributed by atoms with Crippen LogP contribution in [0.2, 0.25) is 0 Å². The topological polar surface area (TPSA) is 66.8 Å². The second-order valence-electron chi connectivity index (χ2n) is 1.46. The van der Waals surface area contributed by atoms with Gasteiger partial charge in [-0.2, -0.15) is 0 Å². The van der Waals surface area contributed by atoms with Gasteiger partial charge in [0.1, 0.15) is 0 Å². The van der Waals surface area contributed by atoms with Gasteiger partial charge in [0, 0.05) is 0 Å². The molecule has 0 saturated heterocycles. The fraction of sp³-hybridized carbons (Fsp3) is 0.250. The van der Waals surface area contributed by atoms with Crippen molar-refractivity contribution in [1.29, 1.82) is 0 Å². The zero-order valence-corrected chi connectivity index (χ0v) is 6.32. The maximum absolute atomic E-state index is 10.3. The molecule has 1 unspecified atom stereocenters. The molecule has 0 aromatic heterocycles. The summed E-state index contributed by atoms with van der Waals surface area (Å²) >= 11 is 1.68. The summed E-state index contributed by atoms with van der Waals surface area (Å²) in [6.45, 7) is 0. The first kappa shape index (κ1) is 6.66. The van der Waals surface area contributed by atoms with Crippen LogP contribution in [0.3, 0.4) is 0 Å². The van der Waals surface area contributed by atoms with Crippen LogP contribution in [-0.4, -0.2) is 20.3 Å². The number of alkyl halides is 1. The minimum atomic E-state index is -0.869. The van der Waals surface area contributed by atoms with E-state index in [1.807, 2.05) is 0 Å². The van der Waals surface area contributed by atoms with Gasteiger partial charge in [0.2, 0.25) is 9.87 Å². The van der Waals surface area contributed by atoms with Crippen molar-refractivity contribution >= 4 is 28.6 Å². The number of hydrogen-bond acceptors (Lipinski definition) is 4. The van der Waals surface area contributed by atoms with Crippen LogP contribution in [0, 0.1) is 0 Å². The monoisotopic (exact) mass is 242 g/mol. The summed E-state index contributed by atoms with van der Waals surface area (Å²) < 4.78 is 3.63. The molecular weight excluding hydrogens is 239 g/mol. The number of halogens is 1. The Balaban J connectivity index is 2.92. The molecule has 0 aromatic carbocycles.